The third-order valence-corrected chi connectivity index (χ3v) is 6.55. The first-order valence-electron chi connectivity index (χ1n) is 12.9. The summed E-state index contributed by atoms with van der Waals surface area (Å²) in [6.07, 6.45) is 2.38. The van der Waals surface area contributed by atoms with E-state index in [0.717, 1.165) is 19.4 Å². The molecular weight excluding hydrogens is 448 g/mol. The lowest BCUT2D eigenvalue weighted by Crippen LogP contribution is -2.59. The number of amides is 2. The molecule has 10 nitrogen and oxygen atoms in total. The van der Waals surface area contributed by atoms with E-state index in [1.165, 1.54) is 0 Å². The third-order valence-electron chi connectivity index (χ3n) is 6.55. The topological polar surface area (TPSA) is 119 Å². The van der Waals surface area contributed by atoms with Crippen molar-refractivity contribution in [3.8, 4) is 6.07 Å². The van der Waals surface area contributed by atoms with E-state index in [1.807, 2.05) is 4.90 Å². The molecule has 2 N–H and O–H groups in total. The minimum absolute atomic E-state index is 0.188. The minimum atomic E-state index is -0.936. The number of hydrogen-bond donors (Lipinski definition) is 2. The predicted molar refractivity (Wildman–Crippen MR) is 135 cm³/mol. The van der Waals surface area contributed by atoms with E-state index in [9.17, 15) is 14.9 Å². The fraction of sp³-hybridized carbons (Fsp3) is 0.840. The standard InChI is InChI=1S/C25H44N6O4/c1-7-19(8-2)31-11-10-25(17-26,18-31)29-21(32)20(16-24(4,5)6)27-22(28-23(33)35-9-3)30-12-14-34-15-13-30/h19-20H,7-16,18H2,1-6H3,(H,29,32)(H,27,28,33). The van der Waals surface area contributed by atoms with Gasteiger partial charge in [0.25, 0.3) is 0 Å². The molecule has 2 unspecified atom stereocenters. The highest BCUT2D eigenvalue weighted by Crippen LogP contribution is 2.26. The molecule has 2 heterocycles. The molecule has 2 aliphatic rings. The maximum absolute atomic E-state index is 13.6. The van der Waals surface area contributed by atoms with Crippen molar-refractivity contribution >= 4 is 18.0 Å². The zero-order valence-corrected chi connectivity index (χ0v) is 22.4. The zero-order chi connectivity index (χ0) is 26.1. The van der Waals surface area contributed by atoms with Gasteiger partial charge in [-0.2, -0.15) is 5.26 Å². The first kappa shape index (κ1) is 28.9. The normalized spacial score (nSPS) is 22.6. The van der Waals surface area contributed by atoms with Crippen LogP contribution in [-0.2, 0) is 14.3 Å². The summed E-state index contributed by atoms with van der Waals surface area (Å²) in [6.45, 7) is 15.8. The number of morpholine rings is 1. The van der Waals surface area contributed by atoms with E-state index in [0.29, 0.717) is 57.7 Å². The second-order valence-electron chi connectivity index (χ2n) is 10.6. The molecule has 0 aliphatic carbocycles. The van der Waals surface area contributed by atoms with Gasteiger partial charge in [0.15, 0.2) is 0 Å². The van der Waals surface area contributed by atoms with Gasteiger partial charge in [-0.05, 0) is 38.0 Å². The summed E-state index contributed by atoms with van der Waals surface area (Å²) in [5, 5.41) is 16.4. The van der Waals surface area contributed by atoms with Gasteiger partial charge >= 0.3 is 6.09 Å². The van der Waals surface area contributed by atoms with E-state index in [2.05, 4.69) is 61.2 Å². The second-order valence-corrected chi connectivity index (χ2v) is 10.6. The Bertz CT molecular complexity index is 780. The molecule has 2 fully saturated rings. The summed E-state index contributed by atoms with van der Waals surface area (Å²) in [4.78, 5) is 34.2. The summed E-state index contributed by atoms with van der Waals surface area (Å²) >= 11 is 0. The quantitative estimate of drug-likeness (QED) is 0.392. The van der Waals surface area contributed by atoms with Gasteiger partial charge in [0.05, 0.1) is 25.9 Å². The number of nitriles is 1. The van der Waals surface area contributed by atoms with Crippen LogP contribution >= 0.6 is 0 Å². The summed E-state index contributed by atoms with van der Waals surface area (Å²) in [5.41, 5.74) is -1.12. The fourth-order valence-electron chi connectivity index (χ4n) is 4.69. The van der Waals surface area contributed by atoms with Gasteiger partial charge in [-0.3, -0.25) is 9.69 Å². The average molecular weight is 493 g/mol. The number of carbonyl (C=O) groups is 2. The summed E-state index contributed by atoms with van der Waals surface area (Å²) < 4.78 is 10.5. The largest absolute Gasteiger partial charge is 0.448 e. The van der Waals surface area contributed by atoms with Crippen molar-refractivity contribution in [2.75, 3.05) is 46.0 Å². The molecule has 2 aliphatic heterocycles. The monoisotopic (exact) mass is 492 g/mol. The van der Waals surface area contributed by atoms with Crippen molar-refractivity contribution in [3.05, 3.63) is 0 Å². The Balaban J connectivity index is 2.26. The van der Waals surface area contributed by atoms with Gasteiger partial charge in [0.1, 0.15) is 11.6 Å². The smallest absolute Gasteiger partial charge is 0.436 e. The highest BCUT2D eigenvalue weighted by atomic mass is 16.5. The van der Waals surface area contributed by atoms with Crippen molar-refractivity contribution in [3.63, 3.8) is 0 Å². The Kier molecular flexibility index (Phi) is 10.8. The first-order chi connectivity index (χ1) is 16.6. The molecule has 0 spiro atoms. The molecule has 0 aromatic carbocycles. The van der Waals surface area contributed by atoms with Crippen LogP contribution in [0.2, 0.25) is 0 Å². The minimum Gasteiger partial charge on any atom is -0.448 e. The molecule has 2 amide bonds. The zero-order valence-electron chi connectivity index (χ0n) is 22.4. The van der Waals surface area contributed by atoms with E-state index in [4.69, 9.17) is 9.47 Å². The van der Waals surface area contributed by atoms with Crippen LogP contribution in [0.3, 0.4) is 0 Å². The number of guanidine groups is 1. The molecule has 2 saturated heterocycles. The molecule has 0 saturated carbocycles. The molecule has 0 bridgehead atoms. The maximum atomic E-state index is 13.6. The highest BCUT2D eigenvalue weighted by molar-refractivity contribution is 5.94. The number of carbonyl (C=O) groups excluding carboxylic acids is 2. The van der Waals surface area contributed by atoms with E-state index in [-0.39, 0.29) is 17.9 Å². The predicted octanol–water partition coefficient (Wildman–Crippen LogP) is 2.50. The molecule has 35 heavy (non-hydrogen) atoms. The van der Waals surface area contributed by atoms with Gasteiger partial charge in [0.2, 0.25) is 11.9 Å². The summed E-state index contributed by atoms with van der Waals surface area (Å²) in [6, 6.07) is 2.11. The van der Waals surface area contributed by atoms with Gasteiger partial charge in [0, 0.05) is 32.2 Å². The van der Waals surface area contributed by atoms with Crippen LogP contribution in [0, 0.1) is 16.7 Å². The molecule has 198 valence electrons. The molecular formula is C25H44N6O4. The fourth-order valence-corrected chi connectivity index (χ4v) is 4.69. The summed E-state index contributed by atoms with van der Waals surface area (Å²) in [7, 11) is 0. The van der Waals surface area contributed by atoms with Crippen molar-refractivity contribution in [1.82, 2.24) is 20.4 Å². The van der Waals surface area contributed by atoms with Crippen LogP contribution in [0.25, 0.3) is 0 Å². The third kappa shape index (κ3) is 8.65. The van der Waals surface area contributed by atoms with Crippen LogP contribution in [0.1, 0.15) is 67.2 Å². The molecule has 2 rings (SSSR count). The maximum Gasteiger partial charge on any atom is 0.436 e. The number of hydrogen-bond acceptors (Lipinski definition) is 6. The van der Waals surface area contributed by atoms with Crippen LogP contribution < -0.4 is 10.6 Å². The number of nitrogens with zero attached hydrogens (tertiary/aromatic N) is 4. The molecule has 0 aromatic rings. The van der Waals surface area contributed by atoms with E-state index >= 15 is 0 Å². The Morgan fingerprint density at radius 3 is 2.37 bits per heavy atom. The van der Waals surface area contributed by atoms with Crippen LogP contribution in [0.15, 0.2) is 4.99 Å². The van der Waals surface area contributed by atoms with Crippen LogP contribution in [-0.4, -0.2) is 91.4 Å². The van der Waals surface area contributed by atoms with Gasteiger partial charge in [-0.15, -0.1) is 4.99 Å². The lowest BCUT2D eigenvalue weighted by molar-refractivity contribution is -0.124. The molecule has 10 heteroatoms. The lowest BCUT2D eigenvalue weighted by Gasteiger charge is -2.35. The van der Waals surface area contributed by atoms with Crippen molar-refractivity contribution in [2.45, 2.75) is 84.8 Å². The summed E-state index contributed by atoms with van der Waals surface area (Å²) in [5.74, 6) is 0.0323. The van der Waals surface area contributed by atoms with Gasteiger partial charge in [-0.25, -0.2) is 4.79 Å². The van der Waals surface area contributed by atoms with E-state index < -0.39 is 17.7 Å². The number of likely N-dealkylation sites (tertiary alicyclic amines) is 1. The first-order valence-corrected chi connectivity index (χ1v) is 12.9. The van der Waals surface area contributed by atoms with Gasteiger partial charge in [-0.1, -0.05) is 34.6 Å². The average Bonchev–Trinajstić information content (AvgIpc) is 3.23. The van der Waals surface area contributed by atoms with Gasteiger partial charge < -0.3 is 25.0 Å². The van der Waals surface area contributed by atoms with Crippen molar-refractivity contribution < 1.29 is 19.1 Å². The number of rotatable bonds is 8. The van der Waals surface area contributed by atoms with Crippen molar-refractivity contribution in [2.24, 2.45) is 10.4 Å². The highest BCUT2D eigenvalue weighted by Gasteiger charge is 2.43. The van der Waals surface area contributed by atoms with E-state index in [1.54, 1.807) is 6.92 Å². The lowest BCUT2D eigenvalue weighted by atomic mass is 9.87. The Hall–Kier alpha value is -2.38. The Morgan fingerprint density at radius 2 is 1.83 bits per heavy atom. The second kappa shape index (κ2) is 13.1. The Labute approximate surface area is 210 Å². The molecule has 0 radical (unpaired) electrons. The van der Waals surface area contributed by atoms with Crippen LogP contribution in [0.4, 0.5) is 4.79 Å². The molecule has 0 aromatic heterocycles. The number of ether oxygens (including phenoxy) is 2. The van der Waals surface area contributed by atoms with Crippen molar-refractivity contribution in [1.29, 1.82) is 5.26 Å². The Morgan fingerprint density at radius 1 is 1.17 bits per heavy atom. The SMILES string of the molecule is CCOC(=O)/N=C(\NC(CC(C)(C)C)C(=O)NC1(C#N)CCN(C(CC)CC)C1)N1CCOCC1. The van der Waals surface area contributed by atoms with Crippen LogP contribution in [0.5, 0.6) is 0 Å². The molecule has 2 atom stereocenters. The number of nitrogens with one attached hydrogen (secondary N) is 2. The number of aliphatic imine (C=N–C) groups is 1.